The summed E-state index contributed by atoms with van der Waals surface area (Å²) in [6.45, 7) is 5.15. The van der Waals surface area contributed by atoms with E-state index in [0.29, 0.717) is 0 Å². The lowest BCUT2D eigenvalue weighted by Gasteiger charge is -2.31. The minimum Gasteiger partial charge on any atom is -0.463 e. The van der Waals surface area contributed by atoms with Crippen molar-refractivity contribution in [3.05, 3.63) is 71.8 Å². The van der Waals surface area contributed by atoms with Crippen molar-refractivity contribution in [2.45, 2.75) is 38.6 Å². The molecule has 4 nitrogen and oxygen atoms in total. The molecule has 1 N–H and O–H groups in total. The molecule has 0 aliphatic heterocycles. The summed E-state index contributed by atoms with van der Waals surface area (Å²) in [5, 5.41) is 3.33. The first-order chi connectivity index (χ1) is 12.9. The Morgan fingerprint density at radius 2 is 1.52 bits per heavy atom. The van der Waals surface area contributed by atoms with Crippen LogP contribution in [0.5, 0.6) is 0 Å². The van der Waals surface area contributed by atoms with Crippen LogP contribution in [0.15, 0.2) is 60.7 Å². The molecule has 0 saturated heterocycles. The van der Waals surface area contributed by atoms with Crippen LogP contribution in [-0.4, -0.2) is 37.5 Å². The number of hydrogen-bond donors (Lipinski definition) is 1. The van der Waals surface area contributed by atoms with Crippen molar-refractivity contribution in [2.75, 3.05) is 19.8 Å². The molecule has 1 unspecified atom stereocenters. The number of halogens is 1. The van der Waals surface area contributed by atoms with Gasteiger partial charge in [-0.25, -0.2) is 4.39 Å². The Bertz CT molecular complexity index is 652. The van der Waals surface area contributed by atoms with Crippen LogP contribution in [0.2, 0.25) is 0 Å². The third-order valence-corrected chi connectivity index (χ3v) is 4.38. The van der Waals surface area contributed by atoms with Gasteiger partial charge in [-0.2, -0.15) is 0 Å². The Hall–Kier alpha value is -2.24. The number of alkyl halides is 1. The largest absolute Gasteiger partial charge is 0.463 e. The topological polar surface area (TPSA) is 47.6 Å². The number of esters is 1. The first-order valence-electron chi connectivity index (χ1n) is 9.15. The Labute approximate surface area is 160 Å². The number of hydrogen-bond acceptors (Lipinski definition) is 4. The van der Waals surface area contributed by atoms with Crippen LogP contribution in [0, 0.1) is 0 Å². The van der Waals surface area contributed by atoms with E-state index in [1.807, 2.05) is 60.7 Å². The van der Waals surface area contributed by atoms with Gasteiger partial charge in [-0.15, -0.1) is 0 Å². The molecule has 0 spiro atoms. The van der Waals surface area contributed by atoms with Crippen LogP contribution in [-0.2, 0) is 14.3 Å². The monoisotopic (exact) mass is 373 g/mol. The zero-order chi connectivity index (χ0) is 19.7. The molecule has 5 heteroatoms. The zero-order valence-electron chi connectivity index (χ0n) is 16.2. The van der Waals surface area contributed by atoms with Crippen LogP contribution in [0.4, 0.5) is 4.39 Å². The number of ether oxygens (including phenoxy) is 2. The fourth-order valence-electron chi connectivity index (χ4n) is 2.77. The van der Waals surface area contributed by atoms with Gasteiger partial charge in [-0.05, 0) is 25.0 Å². The average molecular weight is 373 g/mol. The van der Waals surface area contributed by atoms with Crippen molar-refractivity contribution in [2.24, 2.45) is 0 Å². The van der Waals surface area contributed by atoms with Crippen LogP contribution in [0.25, 0.3) is 0 Å². The lowest BCUT2D eigenvalue weighted by atomic mass is 9.97. The van der Waals surface area contributed by atoms with Gasteiger partial charge in [0.15, 0.2) is 0 Å². The molecule has 0 saturated carbocycles. The molecule has 0 aromatic heterocycles. The summed E-state index contributed by atoms with van der Waals surface area (Å²) in [5.74, 6) is -0.372. The highest BCUT2D eigenvalue weighted by Gasteiger charge is 2.31. The summed E-state index contributed by atoms with van der Waals surface area (Å²) >= 11 is 0. The Morgan fingerprint density at radius 3 is 2.00 bits per heavy atom. The molecule has 0 radical (unpaired) electrons. The van der Waals surface area contributed by atoms with E-state index >= 15 is 0 Å². The third kappa shape index (κ3) is 6.77. The number of rotatable bonds is 10. The summed E-state index contributed by atoms with van der Waals surface area (Å²) < 4.78 is 25.3. The summed E-state index contributed by atoms with van der Waals surface area (Å²) in [4.78, 5) is 10.8. The minimum atomic E-state index is -1.23. The van der Waals surface area contributed by atoms with E-state index in [2.05, 4.69) is 5.32 Å². The number of benzene rings is 2. The van der Waals surface area contributed by atoms with Crippen LogP contribution < -0.4 is 5.32 Å². The highest BCUT2D eigenvalue weighted by molar-refractivity contribution is 5.65. The maximum atomic E-state index is 14.9. The second-order valence-corrected chi connectivity index (χ2v) is 6.92. The Kier molecular flexibility index (Phi) is 7.95. The number of carbonyl (C=O) groups is 1. The van der Waals surface area contributed by atoms with Crippen molar-refractivity contribution >= 4 is 5.97 Å². The number of nitrogens with one attached hydrogen (secondary N) is 1. The standard InChI is InChI=1S/C22H28FNO3/c1-17(25)26-14-15-27-22(2,3)20(23)16-24-21(18-10-6-4-7-11-18)19-12-8-5-9-13-19/h4-13,20-21,24H,14-16H2,1-3H3. The van der Waals surface area contributed by atoms with Crippen LogP contribution >= 0.6 is 0 Å². The van der Waals surface area contributed by atoms with Crippen molar-refractivity contribution < 1.29 is 18.7 Å². The van der Waals surface area contributed by atoms with E-state index in [1.54, 1.807) is 13.8 Å². The highest BCUT2D eigenvalue weighted by atomic mass is 19.1. The molecular weight excluding hydrogens is 345 g/mol. The third-order valence-electron chi connectivity index (χ3n) is 4.38. The van der Waals surface area contributed by atoms with E-state index in [0.717, 1.165) is 11.1 Å². The molecule has 2 rings (SSSR count). The van der Waals surface area contributed by atoms with Crippen LogP contribution in [0.3, 0.4) is 0 Å². The van der Waals surface area contributed by atoms with Gasteiger partial charge in [0.05, 0.1) is 18.2 Å². The summed E-state index contributed by atoms with van der Waals surface area (Å²) in [7, 11) is 0. The zero-order valence-corrected chi connectivity index (χ0v) is 16.2. The van der Waals surface area contributed by atoms with E-state index < -0.39 is 11.8 Å². The second kappa shape index (κ2) is 10.2. The predicted molar refractivity (Wildman–Crippen MR) is 104 cm³/mol. The minimum absolute atomic E-state index is 0.109. The van der Waals surface area contributed by atoms with Gasteiger partial charge in [0.2, 0.25) is 0 Å². The second-order valence-electron chi connectivity index (χ2n) is 6.92. The normalized spacial score (nSPS) is 12.8. The van der Waals surface area contributed by atoms with Gasteiger partial charge in [0, 0.05) is 13.5 Å². The predicted octanol–water partition coefficient (Wildman–Crippen LogP) is 4.06. The summed E-state index contributed by atoms with van der Waals surface area (Å²) in [5.41, 5.74) is 1.15. The van der Waals surface area contributed by atoms with E-state index in [9.17, 15) is 9.18 Å². The molecule has 146 valence electrons. The summed E-state index contributed by atoms with van der Waals surface area (Å²) in [6, 6.07) is 19.8. The van der Waals surface area contributed by atoms with Gasteiger partial charge in [0.25, 0.3) is 0 Å². The van der Waals surface area contributed by atoms with Gasteiger partial charge < -0.3 is 14.8 Å². The molecule has 2 aromatic carbocycles. The molecule has 0 aliphatic rings. The highest BCUT2D eigenvalue weighted by Crippen LogP contribution is 2.24. The first kappa shape index (κ1) is 21.1. The molecular formula is C22H28FNO3. The Balaban J connectivity index is 1.98. The van der Waals surface area contributed by atoms with E-state index in [-0.39, 0.29) is 31.8 Å². The van der Waals surface area contributed by atoms with Crippen molar-refractivity contribution in [1.29, 1.82) is 0 Å². The SMILES string of the molecule is CC(=O)OCCOC(C)(C)C(F)CNC(c1ccccc1)c1ccccc1. The fourth-order valence-corrected chi connectivity index (χ4v) is 2.77. The lowest BCUT2D eigenvalue weighted by Crippen LogP contribution is -2.44. The smallest absolute Gasteiger partial charge is 0.302 e. The average Bonchev–Trinajstić information content (AvgIpc) is 2.67. The van der Waals surface area contributed by atoms with Crippen molar-refractivity contribution in [3.8, 4) is 0 Å². The first-order valence-corrected chi connectivity index (χ1v) is 9.15. The molecule has 2 aromatic rings. The van der Waals surface area contributed by atoms with E-state index in [4.69, 9.17) is 9.47 Å². The van der Waals surface area contributed by atoms with Gasteiger partial charge in [-0.3, -0.25) is 4.79 Å². The molecule has 0 aliphatic carbocycles. The molecule has 0 bridgehead atoms. The summed E-state index contributed by atoms with van der Waals surface area (Å²) in [6.07, 6.45) is -1.23. The molecule has 0 amide bonds. The van der Waals surface area contributed by atoms with Crippen molar-refractivity contribution in [3.63, 3.8) is 0 Å². The Morgan fingerprint density at radius 1 is 1.00 bits per heavy atom. The van der Waals surface area contributed by atoms with Gasteiger partial charge in [0.1, 0.15) is 12.8 Å². The maximum absolute atomic E-state index is 14.9. The maximum Gasteiger partial charge on any atom is 0.302 e. The van der Waals surface area contributed by atoms with E-state index in [1.165, 1.54) is 6.92 Å². The molecule has 27 heavy (non-hydrogen) atoms. The van der Waals surface area contributed by atoms with Crippen LogP contribution in [0.1, 0.15) is 37.9 Å². The van der Waals surface area contributed by atoms with Gasteiger partial charge >= 0.3 is 5.97 Å². The fraction of sp³-hybridized carbons (Fsp3) is 0.409. The lowest BCUT2D eigenvalue weighted by molar-refractivity contribution is -0.146. The van der Waals surface area contributed by atoms with Crippen molar-refractivity contribution in [1.82, 2.24) is 5.32 Å². The molecule has 0 fully saturated rings. The molecule has 1 atom stereocenters. The van der Waals surface area contributed by atoms with Gasteiger partial charge in [-0.1, -0.05) is 60.7 Å². The molecule has 0 heterocycles. The number of carbonyl (C=O) groups excluding carboxylic acids is 1. The quantitative estimate of drug-likeness (QED) is 0.504.